The van der Waals surface area contributed by atoms with Gasteiger partial charge in [0.25, 0.3) is 0 Å². The van der Waals surface area contributed by atoms with Gasteiger partial charge in [-0.05, 0) is 54.8 Å². The first-order chi connectivity index (χ1) is 14.0. The van der Waals surface area contributed by atoms with Crippen molar-refractivity contribution in [2.24, 2.45) is 5.92 Å². The summed E-state index contributed by atoms with van der Waals surface area (Å²) >= 11 is 0. The fourth-order valence-corrected chi connectivity index (χ4v) is 3.66. The normalized spacial score (nSPS) is 18.8. The smallest absolute Gasteiger partial charge is 0.317 e. The molecule has 0 spiro atoms. The van der Waals surface area contributed by atoms with E-state index in [-0.39, 0.29) is 18.2 Å². The minimum Gasteiger partial charge on any atom is -0.497 e. The van der Waals surface area contributed by atoms with Gasteiger partial charge in [-0.25, -0.2) is 4.39 Å². The van der Waals surface area contributed by atoms with Crippen molar-refractivity contribution in [3.05, 3.63) is 65.5 Å². The standard InChI is InChI=1S/C23H23FO5/c1-4-29-23(26)22-19(14-5-7-16(24)8-6-14)11-15(12-20(22)25)18-10-9-17(27-2)13-21(18)28-3/h5-10,12-13,19,22H,4,11H2,1-3H3/t19-,22+/m0/s1. The van der Waals surface area contributed by atoms with E-state index in [0.29, 0.717) is 23.5 Å². The summed E-state index contributed by atoms with van der Waals surface area (Å²) in [4.78, 5) is 25.5. The molecule has 0 heterocycles. The van der Waals surface area contributed by atoms with Crippen LogP contribution in [0, 0.1) is 11.7 Å². The zero-order valence-electron chi connectivity index (χ0n) is 16.6. The largest absolute Gasteiger partial charge is 0.497 e. The lowest BCUT2D eigenvalue weighted by Gasteiger charge is -2.30. The number of carbonyl (C=O) groups excluding carboxylic acids is 2. The Morgan fingerprint density at radius 3 is 2.45 bits per heavy atom. The number of esters is 1. The number of halogens is 1. The van der Waals surface area contributed by atoms with Gasteiger partial charge in [-0.2, -0.15) is 0 Å². The van der Waals surface area contributed by atoms with Crippen LogP contribution in [-0.2, 0) is 14.3 Å². The van der Waals surface area contributed by atoms with E-state index in [4.69, 9.17) is 14.2 Å². The van der Waals surface area contributed by atoms with Gasteiger partial charge in [-0.15, -0.1) is 0 Å². The number of rotatable bonds is 6. The fourth-order valence-electron chi connectivity index (χ4n) is 3.66. The molecule has 0 saturated carbocycles. The molecule has 0 aliphatic heterocycles. The summed E-state index contributed by atoms with van der Waals surface area (Å²) in [6, 6.07) is 11.2. The van der Waals surface area contributed by atoms with Crippen molar-refractivity contribution in [2.75, 3.05) is 20.8 Å². The number of benzene rings is 2. The van der Waals surface area contributed by atoms with Gasteiger partial charge in [0.2, 0.25) is 0 Å². The zero-order chi connectivity index (χ0) is 21.0. The van der Waals surface area contributed by atoms with Crippen LogP contribution in [0.5, 0.6) is 11.5 Å². The van der Waals surface area contributed by atoms with Crippen LogP contribution in [0.4, 0.5) is 4.39 Å². The van der Waals surface area contributed by atoms with Gasteiger partial charge in [0.05, 0.1) is 20.8 Å². The van der Waals surface area contributed by atoms with Crippen LogP contribution >= 0.6 is 0 Å². The summed E-state index contributed by atoms with van der Waals surface area (Å²) in [7, 11) is 3.11. The highest BCUT2D eigenvalue weighted by molar-refractivity contribution is 6.11. The first-order valence-corrected chi connectivity index (χ1v) is 9.37. The van der Waals surface area contributed by atoms with Crippen molar-refractivity contribution in [3.8, 4) is 11.5 Å². The highest BCUT2D eigenvalue weighted by Gasteiger charge is 2.40. The number of methoxy groups -OCH3 is 2. The third-order valence-corrected chi connectivity index (χ3v) is 5.06. The summed E-state index contributed by atoms with van der Waals surface area (Å²) in [6.07, 6.45) is 1.88. The predicted molar refractivity (Wildman–Crippen MR) is 106 cm³/mol. The Bertz CT molecular complexity index is 933. The SMILES string of the molecule is CCOC(=O)[C@H]1C(=O)C=C(c2ccc(OC)cc2OC)C[C@H]1c1ccc(F)cc1. The van der Waals surface area contributed by atoms with Gasteiger partial charge in [0.15, 0.2) is 5.78 Å². The van der Waals surface area contributed by atoms with E-state index in [9.17, 15) is 14.0 Å². The van der Waals surface area contributed by atoms with Crippen LogP contribution in [0.15, 0.2) is 48.5 Å². The molecule has 3 rings (SSSR count). The van der Waals surface area contributed by atoms with Crippen LogP contribution < -0.4 is 9.47 Å². The monoisotopic (exact) mass is 398 g/mol. The number of carbonyl (C=O) groups is 2. The predicted octanol–water partition coefficient (Wildman–Crippen LogP) is 4.16. The minimum absolute atomic E-state index is 0.182. The Morgan fingerprint density at radius 2 is 1.83 bits per heavy atom. The third kappa shape index (κ3) is 4.31. The zero-order valence-corrected chi connectivity index (χ0v) is 16.6. The van der Waals surface area contributed by atoms with Gasteiger partial charge in [-0.3, -0.25) is 9.59 Å². The maximum atomic E-state index is 13.4. The Kier molecular flexibility index (Phi) is 6.32. The lowest BCUT2D eigenvalue weighted by atomic mass is 9.73. The van der Waals surface area contributed by atoms with Gasteiger partial charge < -0.3 is 14.2 Å². The van der Waals surface area contributed by atoms with Crippen LogP contribution in [-0.4, -0.2) is 32.6 Å². The van der Waals surface area contributed by atoms with Crippen molar-refractivity contribution in [3.63, 3.8) is 0 Å². The molecule has 0 saturated heterocycles. The van der Waals surface area contributed by atoms with Crippen molar-refractivity contribution in [1.82, 2.24) is 0 Å². The van der Waals surface area contributed by atoms with Crippen molar-refractivity contribution < 1.29 is 28.2 Å². The molecule has 152 valence electrons. The third-order valence-electron chi connectivity index (χ3n) is 5.06. The molecule has 1 aliphatic carbocycles. The van der Waals surface area contributed by atoms with Crippen molar-refractivity contribution in [1.29, 1.82) is 0 Å². The average Bonchev–Trinajstić information content (AvgIpc) is 2.73. The quantitative estimate of drug-likeness (QED) is 0.540. The first kappa shape index (κ1) is 20.6. The van der Waals surface area contributed by atoms with E-state index >= 15 is 0 Å². The number of hydrogen-bond donors (Lipinski definition) is 0. The van der Waals surface area contributed by atoms with Gasteiger partial charge in [0, 0.05) is 17.5 Å². The lowest BCUT2D eigenvalue weighted by molar-refractivity contribution is -0.151. The van der Waals surface area contributed by atoms with Gasteiger partial charge in [0.1, 0.15) is 23.2 Å². The number of ether oxygens (including phenoxy) is 3. The molecule has 2 aromatic carbocycles. The van der Waals surface area contributed by atoms with Crippen molar-refractivity contribution >= 4 is 17.3 Å². The second-order valence-corrected chi connectivity index (χ2v) is 6.73. The molecule has 0 radical (unpaired) electrons. The number of ketones is 1. The van der Waals surface area contributed by atoms with E-state index in [1.807, 2.05) is 6.07 Å². The molecule has 0 N–H and O–H groups in total. The summed E-state index contributed by atoms with van der Waals surface area (Å²) in [5.74, 6) is -1.51. The molecule has 29 heavy (non-hydrogen) atoms. The minimum atomic E-state index is -0.964. The topological polar surface area (TPSA) is 61.8 Å². The number of hydrogen-bond acceptors (Lipinski definition) is 5. The molecular weight excluding hydrogens is 375 g/mol. The van der Waals surface area contributed by atoms with Crippen LogP contribution in [0.1, 0.15) is 30.4 Å². The molecule has 0 bridgehead atoms. The Hall–Kier alpha value is -3.15. The Labute approximate surface area is 169 Å². The molecule has 6 heteroatoms. The summed E-state index contributed by atoms with van der Waals surface area (Å²) in [6.45, 7) is 1.88. The van der Waals surface area contributed by atoms with Gasteiger partial charge >= 0.3 is 5.97 Å². The Morgan fingerprint density at radius 1 is 1.10 bits per heavy atom. The maximum Gasteiger partial charge on any atom is 0.317 e. The van der Waals surface area contributed by atoms with E-state index in [1.165, 1.54) is 18.2 Å². The van der Waals surface area contributed by atoms with Crippen LogP contribution in [0.2, 0.25) is 0 Å². The number of allylic oxidation sites excluding steroid dienone is 2. The van der Waals surface area contributed by atoms with Gasteiger partial charge in [-0.1, -0.05) is 12.1 Å². The average molecular weight is 398 g/mol. The summed E-state index contributed by atoms with van der Waals surface area (Å²) < 4.78 is 29.3. The van der Waals surface area contributed by atoms with Crippen molar-refractivity contribution in [2.45, 2.75) is 19.3 Å². The second kappa shape index (κ2) is 8.90. The highest BCUT2D eigenvalue weighted by Crippen LogP contribution is 2.43. The second-order valence-electron chi connectivity index (χ2n) is 6.73. The van der Waals surface area contributed by atoms with E-state index in [1.54, 1.807) is 45.4 Å². The Balaban J connectivity index is 2.05. The van der Waals surface area contributed by atoms with E-state index in [0.717, 1.165) is 11.1 Å². The first-order valence-electron chi connectivity index (χ1n) is 9.37. The molecule has 1 aliphatic rings. The fraction of sp³-hybridized carbons (Fsp3) is 0.304. The molecule has 0 amide bonds. The molecule has 2 atom stereocenters. The molecular formula is C23H23FO5. The summed E-state index contributed by atoms with van der Waals surface area (Å²) in [5, 5.41) is 0. The molecule has 5 nitrogen and oxygen atoms in total. The molecule has 0 aromatic heterocycles. The maximum absolute atomic E-state index is 13.4. The van der Waals surface area contributed by atoms with E-state index in [2.05, 4.69) is 0 Å². The van der Waals surface area contributed by atoms with E-state index < -0.39 is 17.8 Å². The lowest BCUT2D eigenvalue weighted by Crippen LogP contribution is -2.34. The highest BCUT2D eigenvalue weighted by atomic mass is 19.1. The van der Waals surface area contributed by atoms with Crippen LogP contribution in [0.3, 0.4) is 0 Å². The molecule has 2 aromatic rings. The van der Waals surface area contributed by atoms with Crippen LogP contribution in [0.25, 0.3) is 5.57 Å². The molecule has 0 fully saturated rings. The molecule has 0 unspecified atom stereocenters. The summed E-state index contributed by atoms with van der Waals surface area (Å²) in [5.41, 5.74) is 2.19.